The average Bonchev–Trinajstić information content (AvgIpc) is 2.61. The van der Waals surface area contributed by atoms with Crippen molar-refractivity contribution in [3.63, 3.8) is 0 Å². The summed E-state index contributed by atoms with van der Waals surface area (Å²) < 4.78 is 5.18. The van der Waals surface area contributed by atoms with E-state index >= 15 is 0 Å². The van der Waals surface area contributed by atoms with E-state index in [2.05, 4.69) is 17.6 Å². The number of rotatable bonds is 7. The second kappa shape index (κ2) is 8.71. The number of nitrogens with one attached hydrogen (secondary N) is 2. The van der Waals surface area contributed by atoms with Crippen LogP contribution in [0, 0.1) is 0 Å². The summed E-state index contributed by atoms with van der Waals surface area (Å²) in [5, 5.41) is 6.90. The van der Waals surface area contributed by atoms with Gasteiger partial charge in [0.2, 0.25) is 5.91 Å². The number of hydrogen-bond donors (Lipinski definition) is 2. The minimum atomic E-state index is -0.326. The minimum Gasteiger partial charge on any atom is -0.497 e. The monoisotopic (exact) mass is 346 g/mol. The first-order valence-corrected chi connectivity index (χ1v) is 8.37. The van der Waals surface area contributed by atoms with Crippen molar-refractivity contribution in [2.75, 3.05) is 12.4 Å². The Morgan fingerprint density at radius 1 is 1.12 bits per heavy atom. The highest BCUT2D eigenvalue weighted by atomic mass is 35.5. The molecule has 0 aromatic heterocycles. The van der Waals surface area contributed by atoms with E-state index in [-0.39, 0.29) is 18.0 Å². The highest BCUT2D eigenvalue weighted by Gasteiger charge is 2.18. The van der Waals surface area contributed by atoms with Gasteiger partial charge in [-0.1, -0.05) is 30.7 Å². The van der Waals surface area contributed by atoms with Crippen LogP contribution in [0.5, 0.6) is 5.75 Å². The normalized spacial score (nSPS) is 13.2. The van der Waals surface area contributed by atoms with Gasteiger partial charge >= 0.3 is 0 Å². The van der Waals surface area contributed by atoms with E-state index in [1.54, 1.807) is 31.4 Å². The lowest BCUT2D eigenvalue weighted by atomic mass is 10.0. The lowest BCUT2D eigenvalue weighted by molar-refractivity contribution is -0.118. The van der Waals surface area contributed by atoms with Crippen molar-refractivity contribution in [2.45, 2.75) is 32.4 Å². The molecule has 0 saturated carbocycles. The quantitative estimate of drug-likeness (QED) is 0.780. The average molecular weight is 347 g/mol. The number of benzene rings is 2. The Balaban J connectivity index is 1.98. The van der Waals surface area contributed by atoms with Crippen LogP contribution in [-0.2, 0) is 4.79 Å². The molecule has 0 radical (unpaired) electrons. The number of methoxy groups -OCH3 is 1. The van der Waals surface area contributed by atoms with E-state index in [9.17, 15) is 4.79 Å². The van der Waals surface area contributed by atoms with Gasteiger partial charge in [-0.2, -0.15) is 0 Å². The van der Waals surface area contributed by atoms with Crippen molar-refractivity contribution in [3.8, 4) is 5.75 Å². The Morgan fingerprint density at radius 3 is 2.29 bits per heavy atom. The van der Waals surface area contributed by atoms with Crippen LogP contribution in [0.3, 0.4) is 0 Å². The summed E-state index contributed by atoms with van der Waals surface area (Å²) in [7, 11) is 1.65. The maximum atomic E-state index is 12.4. The minimum absolute atomic E-state index is 0.0794. The van der Waals surface area contributed by atoms with Crippen LogP contribution in [0.15, 0.2) is 48.5 Å². The van der Waals surface area contributed by atoms with Gasteiger partial charge in [-0.15, -0.1) is 0 Å². The zero-order valence-corrected chi connectivity index (χ0v) is 14.9. The predicted molar refractivity (Wildman–Crippen MR) is 98.7 cm³/mol. The third kappa shape index (κ3) is 4.98. The van der Waals surface area contributed by atoms with Crippen molar-refractivity contribution >= 4 is 23.2 Å². The van der Waals surface area contributed by atoms with Gasteiger partial charge in [0.05, 0.1) is 13.2 Å². The Morgan fingerprint density at radius 2 is 1.75 bits per heavy atom. The second-order valence-electron chi connectivity index (χ2n) is 5.62. The highest BCUT2D eigenvalue weighted by molar-refractivity contribution is 6.30. The Labute approximate surface area is 148 Å². The van der Waals surface area contributed by atoms with Crippen molar-refractivity contribution < 1.29 is 9.53 Å². The van der Waals surface area contributed by atoms with Crippen LogP contribution < -0.4 is 15.4 Å². The molecule has 5 heteroatoms. The van der Waals surface area contributed by atoms with E-state index in [0.29, 0.717) is 5.02 Å². The van der Waals surface area contributed by atoms with E-state index in [1.165, 1.54) is 0 Å². The molecule has 128 valence electrons. The summed E-state index contributed by atoms with van der Waals surface area (Å²) in [5.74, 6) is 0.742. The molecule has 1 amide bonds. The molecule has 4 nitrogen and oxygen atoms in total. The van der Waals surface area contributed by atoms with Crippen LogP contribution in [-0.4, -0.2) is 19.1 Å². The lowest BCUT2D eigenvalue weighted by Gasteiger charge is -2.22. The van der Waals surface area contributed by atoms with Crippen molar-refractivity contribution in [3.05, 3.63) is 59.1 Å². The summed E-state index contributed by atoms with van der Waals surface area (Å²) in [6.07, 6.45) is 0.880. The first-order valence-electron chi connectivity index (χ1n) is 8.00. The molecule has 24 heavy (non-hydrogen) atoms. The number of ether oxygens (including phenoxy) is 1. The van der Waals surface area contributed by atoms with Crippen molar-refractivity contribution in [2.24, 2.45) is 0 Å². The largest absolute Gasteiger partial charge is 0.497 e. The van der Waals surface area contributed by atoms with Crippen molar-refractivity contribution in [1.29, 1.82) is 0 Å². The second-order valence-corrected chi connectivity index (χ2v) is 6.05. The van der Waals surface area contributed by atoms with Gasteiger partial charge in [0, 0.05) is 16.8 Å². The fraction of sp³-hybridized carbons (Fsp3) is 0.316. The standard InChI is InChI=1S/C19H23ClN2O2/c1-4-18(14-5-11-17(24-3)12-6-14)21-13(2)19(23)22-16-9-7-15(20)8-10-16/h5-13,18,21H,4H2,1-3H3,(H,22,23)/t13-,18+/m1/s1. The predicted octanol–water partition coefficient (Wildman–Crippen LogP) is 4.42. The maximum absolute atomic E-state index is 12.4. The summed E-state index contributed by atoms with van der Waals surface area (Å²) in [6, 6.07) is 14.7. The first kappa shape index (κ1) is 18.3. The van der Waals surface area contributed by atoms with Crippen LogP contribution in [0.4, 0.5) is 5.69 Å². The molecule has 2 atom stereocenters. The topological polar surface area (TPSA) is 50.4 Å². The number of amides is 1. The number of carbonyl (C=O) groups excluding carboxylic acids is 1. The summed E-state index contributed by atoms with van der Waals surface area (Å²) in [4.78, 5) is 12.4. The van der Waals surface area contributed by atoms with Gasteiger partial charge in [0.15, 0.2) is 0 Å². The molecule has 0 fully saturated rings. The molecule has 2 aromatic carbocycles. The van der Waals surface area contributed by atoms with E-state index in [0.717, 1.165) is 23.4 Å². The number of carbonyl (C=O) groups is 1. The molecular formula is C19H23ClN2O2. The molecule has 2 aromatic rings. The number of hydrogen-bond acceptors (Lipinski definition) is 3. The molecule has 2 rings (SSSR count). The van der Waals surface area contributed by atoms with Gasteiger partial charge in [0.25, 0.3) is 0 Å². The molecular weight excluding hydrogens is 324 g/mol. The summed E-state index contributed by atoms with van der Waals surface area (Å²) in [5.41, 5.74) is 1.86. The molecule has 2 N–H and O–H groups in total. The summed E-state index contributed by atoms with van der Waals surface area (Å²) >= 11 is 5.85. The smallest absolute Gasteiger partial charge is 0.241 e. The number of halogens is 1. The van der Waals surface area contributed by atoms with Crippen molar-refractivity contribution in [1.82, 2.24) is 5.32 Å². The molecule has 0 saturated heterocycles. The molecule has 0 bridgehead atoms. The third-order valence-electron chi connectivity index (χ3n) is 3.88. The van der Waals surface area contributed by atoms with Gasteiger partial charge in [-0.05, 0) is 55.3 Å². The Hall–Kier alpha value is -2.04. The van der Waals surface area contributed by atoms with Gasteiger partial charge in [-0.3, -0.25) is 10.1 Å². The van der Waals surface area contributed by atoms with E-state index in [1.807, 2.05) is 31.2 Å². The SMILES string of the molecule is CC[C@H](N[C@H](C)C(=O)Nc1ccc(Cl)cc1)c1ccc(OC)cc1. The van der Waals surface area contributed by atoms with Gasteiger partial charge in [0.1, 0.15) is 5.75 Å². The highest BCUT2D eigenvalue weighted by Crippen LogP contribution is 2.21. The molecule has 0 spiro atoms. The fourth-order valence-electron chi connectivity index (χ4n) is 2.45. The molecule has 0 unspecified atom stereocenters. The summed E-state index contributed by atoms with van der Waals surface area (Å²) in [6.45, 7) is 3.95. The molecule has 0 aliphatic carbocycles. The van der Waals surface area contributed by atoms with E-state index < -0.39 is 0 Å². The van der Waals surface area contributed by atoms with Crippen LogP contribution in [0.25, 0.3) is 0 Å². The zero-order chi connectivity index (χ0) is 17.5. The first-order chi connectivity index (χ1) is 11.5. The molecule has 0 heterocycles. The van der Waals surface area contributed by atoms with Crippen LogP contribution >= 0.6 is 11.6 Å². The Kier molecular flexibility index (Phi) is 6.64. The van der Waals surface area contributed by atoms with E-state index in [4.69, 9.17) is 16.3 Å². The third-order valence-corrected chi connectivity index (χ3v) is 4.13. The maximum Gasteiger partial charge on any atom is 0.241 e. The molecule has 0 aliphatic rings. The van der Waals surface area contributed by atoms with Gasteiger partial charge < -0.3 is 10.1 Å². The number of anilines is 1. The lowest BCUT2D eigenvalue weighted by Crippen LogP contribution is -2.40. The molecule has 0 aliphatic heterocycles. The van der Waals surface area contributed by atoms with Crippen LogP contribution in [0.2, 0.25) is 5.02 Å². The van der Waals surface area contributed by atoms with Crippen LogP contribution in [0.1, 0.15) is 31.9 Å². The van der Waals surface area contributed by atoms with Gasteiger partial charge in [-0.25, -0.2) is 0 Å². The Bertz CT molecular complexity index is 656. The fourth-order valence-corrected chi connectivity index (χ4v) is 2.57. The zero-order valence-electron chi connectivity index (χ0n) is 14.2.